The molecule has 2 unspecified atom stereocenters. The van der Waals surface area contributed by atoms with Gasteiger partial charge in [0.1, 0.15) is 0 Å². The van der Waals surface area contributed by atoms with E-state index >= 15 is 0 Å². The number of hydrogen-bond acceptors (Lipinski definition) is 6. The highest BCUT2D eigenvalue weighted by atomic mass is 32.1. The van der Waals surface area contributed by atoms with E-state index in [4.69, 9.17) is 0 Å². The lowest BCUT2D eigenvalue weighted by Gasteiger charge is -2.28. The van der Waals surface area contributed by atoms with Crippen LogP contribution in [0.2, 0.25) is 0 Å². The lowest BCUT2D eigenvalue weighted by atomic mass is 9.93. The summed E-state index contributed by atoms with van der Waals surface area (Å²) in [5.41, 5.74) is 3.06. The second-order valence-corrected chi connectivity index (χ2v) is 24.0. The summed E-state index contributed by atoms with van der Waals surface area (Å²) in [6.07, 6.45) is 32.1. The molecule has 65 heavy (non-hydrogen) atoms. The van der Waals surface area contributed by atoms with Crippen LogP contribution in [0.4, 0.5) is 0 Å². The van der Waals surface area contributed by atoms with Crippen molar-refractivity contribution in [1.82, 2.24) is 9.80 Å². The van der Waals surface area contributed by atoms with E-state index in [9.17, 15) is 9.59 Å². The van der Waals surface area contributed by atoms with E-state index in [1.54, 1.807) is 11.3 Å². The highest BCUT2D eigenvalue weighted by Gasteiger charge is 2.48. The predicted octanol–water partition coefficient (Wildman–Crippen LogP) is 19.0. The third kappa shape index (κ3) is 14.6. The van der Waals surface area contributed by atoms with Gasteiger partial charge in [-0.2, -0.15) is 0 Å². The molecular formula is C57H82N2O2S4. The second kappa shape index (κ2) is 27.3. The van der Waals surface area contributed by atoms with Gasteiger partial charge in [-0.05, 0) is 93.5 Å². The number of carbonyl (C=O) groups excluding carboxylic acids is 2. The zero-order valence-electron chi connectivity index (χ0n) is 41.2. The largest absolute Gasteiger partial charge is 0.311 e. The number of hydrogen-bond donors (Lipinski definition) is 0. The zero-order chi connectivity index (χ0) is 46.0. The summed E-state index contributed by atoms with van der Waals surface area (Å²) in [6.45, 7) is 14.7. The van der Waals surface area contributed by atoms with Crippen LogP contribution in [0.3, 0.4) is 0 Å². The minimum absolute atomic E-state index is 0.0319. The van der Waals surface area contributed by atoms with Gasteiger partial charge in [-0.25, -0.2) is 0 Å². The molecule has 4 aromatic rings. The first-order chi connectivity index (χ1) is 31.7. The molecule has 356 valence electrons. The third-order valence-corrected chi connectivity index (χ3v) is 18.7. The smallest absolute Gasteiger partial charge is 0.261 e. The van der Waals surface area contributed by atoms with Crippen LogP contribution in [-0.2, 0) is 9.59 Å². The molecule has 6 heterocycles. The monoisotopic (exact) mass is 955 g/mol. The van der Waals surface area contributed by atoms with E-state index in [1.165, 1.54) is 175 Å². The van der Waals surface area contributed by atoms with Gasteiger partial charge in [0.15, 0.2) is 0 Å². The molecular weight excluding hydrogens is 873 g/mol. The van der Waals surface area contributed by atoms with Crippen molar-refractivity contribution < 1.29 is 9.59 Å². The Morgan fingerprint density at radius 3 is 1.23 bits per heavy atom. The Bertz CT molecular complexity index is 2130. The Morgan fingerprint density at radius 2 is 0.785 bits per heavy atom. The second-order valence-electron chi connectivity index (χ2n) is 19.5. The third-order valence-electron chi connectivity index (χ3n) is 13.9. The number of rotatable bonds is 33. The van der Waals surface area contributed by atoms with Crippen LogP contribution in [0.25, 0.3) is 35.0 Å². The van der Waals surface area contributed by atoms with Crippen molar-refractivity contribution >= 4 is 62.9 Å². The molecule has 2 aliphatic rings. The van der Waals surface area contributed by atoms with Crippen LogP contribution in [-0.4, -0.2) is 34.7 Å². The van der Waals surface area contributed by atoms with Gasteiger partial charge in [0.2, 0.25) is 0 Å². The molecule has 0 fully saturated rings. The summed E-state index contributed by atoms with van der Waals surface area (Å²) in [6, 6.07) is 17.9. The fourth-order valence-electron chi connectivity index (χ4n) is 9.98. The Hall–Kier alpha value is -2.78. The standard InChI is InChI=1S/C57H82N2O2S4/c1-7-10-13-16-19-21-23-26-29-42(4)40-58-44(6)53-54(57(58)61)55(59(56(53)60)41-45(30-27-24-18-15-12-9-3)31-28-25-22-20-17-14-11-8-2)52-39-38-51(65-52)50-37-36-49(64-50)48-35-34-47(63-48)46-33-32-43(5)62-46/h32-39,42,45H,7-31,40-41H2,1-6H3. The number of aryl methyl sites for hydroxylation is 1. The highest BCUT2D eigenvalue weighted by Crippen LogP contribution is 2.48. The fraction of sp³-hybridized carbons (Fsp3) is 0.614. The first-order valence-electron chi connectivity index (χ1n) is 26.2. The number of nitrogens with zero attached hydrogens (tertiary/aromatic N) is 2. The fourth-order valence-corrected chi connectivity index (χ4v) is 14.2. The Labute approximate surface area is 411 Å². The summed E-state index contributed by atoms with van der Waals surface area (Å²) >= 11 is 7.31. The molecule has 0 spiro atoms. The van der Waals surface area contributed by atoms with E-state index in [1.807, 2.05) is 45.8 Å². The molecule has 0 aliphatic carbocycles. The first-order valence-corrected chi connectivity index (χ1v) is 29.5. The van der Waals surface area contributed by atoms with Gasteiger partial charge in [-0.15, -0.1) is 45.3 Å². The Morgan fingerprint density at radius 1 is 0.415 bits per heavy atom. The molecule has 4 nitrogen and oxygen atoms in total. The summed E-state index contributed by atoms with van der Waals surface area (Å²) in [5, 5.41) is 0. The van der Waals surface area contributed by atoms with Crippen molar-refractivity contribution in [2.75, 3.05) is 13.1 Å². The lowest BCUT2D eigenvalue weighted by Crippen LogP contribution is -2.34. The van der Waals surface area contributed by atoms with Gasteiger partial charge in [0.05, 0.1) is 21.7 Å². The summed E-state index contributed by atoms with van der Waals surface area (Å²) < 4.78 is 0. The number of amides is 2. The zero-order valence-corrected chi connectivity index (χ0v) is 44.5. The normalized spacial score (nSPS) is 15.1. The molecule has 2 amide bonds. The van der Waals surface area contributed by atoms with Crippen LogP contribution in [0.1, 0.15) is 205 Å². The topological polar surface area (TPSA) is 40.6 Å². The summed E-state index contributed by atoms with van der Waals surface area (Å²) in [7, 11) is 0. The van der Waals surface area contributed by atoms with E-state index < -0.39 is 0 Å². The molecule has 0 N–H and O–H groups in total. The molecule has 0 saturated carbocycles. The van der Waals surface area contributed by atoms with Gasteiger partial charge < -0.3 is 9.80 Å². The molecule has 2 atom stereocenters. The van der Waals surface area contributed by atoms with E-state index in [0.29, 0.717) is 36.1 Å². The van der Waals surface area contributed by atoms with Crippen molar-refractivity contribution in [2.45, 2.75) is 202 Å². The summed E-state index contributed by atoms with van der Waals surface area (Å²) in [4.78, 5) is 43.9. The van der Waals surface area contributed by atoms with E-state index in [0.717, 1.165) is 35.5 Å². The SMILES string of the molecule is CCCCCCCCCCC(C)CN1C(=O)C2=C(c3ccc(-c4ccc(-c5ccc(-c6ccc(C)s6)s5)s4)s3)N(CC(CCCCCCCC)CCCCCCCCCC)C(=O)C2=C1C. The maximum Gasteiger partial charge on any atom is 0.261 e. The van der Waals surface area contributed by atoms with Crippen LogP contribution in [0.5, 0.6) is 0 Å². The van der Waals surface area contributed by atoms with Gasteiger partial charge in [0.25, 0.3) is 11.8 Å². The van der Waals surface area contributed by atoms with Gasteiger partial charge >= 0.3 is 0 Å². The molecule has 8 heteroatoms. The molecule has 4 aromatic heterocycles. The van der Waals surface area contributed by atoms with Crippen molar-refractivity contribution in [3.63, 3.8) is 0 Å². The Balaban J connectivity index is 1.22. The van der Waals surface area contributed by atoms with Crippen molar-refractivity contribution in [3.05, 3.63) is 75.1 Å². The van der Waals surface area contributed by atoms with Crippen molar-refractivity contribution in [2.24, 2.45) is 11.8 Å². The molecule has 0 radical (unpaired) electrons. The van der Waals surface area contributed by atoms with E-state index in [-0.39, 0.29) is 11.8 Å². The average molecular weight is 956 g/mol. The number of allylic oxidation sites excluding steroid dienone is 1. The molecule has 0 aromatic carbocycles. The number of carbonyl (C=O) groups is 2. The maximum atomic E-state index is 15.0. The van der Waals surface area contributed by atoms with Crippen LogP contribution in [0, 0.1) is 18.8 Å². The van der Waals surface area contributed by atoms with Crippen LogP contribution < -0.4 is 0 Å². The molecule has 6 rings (SSSR count). The maximum absolute atomic E-state index is 15.0. The first kappa shape index (κ1) is 51.6. The van der Waals surface area contributed by atoms with Gasteiger partial charge in [-0.1, -0.05) is 169 Å². The molecule has 2 aliphatic heterocycles. The lowest BCUT2D eigenvalue weighted by molar-refractivity contribution is -0.124. The summed E-state index contributed by atoms with van der Waals surface area (Å²) in [5.74, 6) is 0.883. The highest BCUT2D eigenvalue weighted by molar-refractivity contribution is 7.28. The van der Waals surface area contributed by atoms with Crippen molar-refractivity contribution in [3.8, 4) is 29.3 Å². The van der Waals surface area contributed by atoms with Crippen LogP contribution in [0.15, 0.2) is 65.4 Å². The molecule has 0 saturated heterocycles. The van der Waals surface area contributed by atoms with E-state index in [2.05, 4.69) is 88.0 Å². The number of unbranched alkanes of at least 4 members (excludes halogenated alkanes) is 19. The number of thiophene rings is 4. The minimum Gasteiger partial charge on any atom is -0.311 e. The predicted molar refractivity (Wildman–Crippen MR) is 287 cm³/mol. The minimum atomic E-state index is 0.0319. The quantitative estimate of drug-likeness (QED) is 0.0447. The van der Waals surface area contributed by atoms with Gasteiger partial charge in [0, 0.05) is 52.9 Å². The average Bonchev–Trinajstić information content (AvgIpc) is 4.17. The Kier molecular flexibility index (Phi) is 21.7. The van der Waals surface area contributed by atoms with Crippen molar-refractivity contribution in [1.29, 1.82) is 0 Å². The van der Waals surface area contributed by atoms with Gasteiger partial charge in [-0.3, -0.25) is 9.59 Å². The molecule has 0 bridgehead atoms. The van der Waals surface area contributed by atoms with Crippen LogP contribution >= 0.6 is 45.3 Å². The number of fused-ring (bicyclic) bond motifs is 1.